The largest absolute Gasteiger partial charge is 0.490 e. The van der Waals surface area contributed by atoms with Crippen LogP contribution in [0.3, 0.4) is 0 Å². The van der Waals surface area contributed by atoms with Crippen molar-refractivity contribution in [3.05, 3.63) is 96.8 Å². The Morgan fingerprint density at radius 1 is 0.672 bits per heavy atom. The SMILES string of the molecule is O=C(Nc1cccc(N2CCN(c3ncnc4ccc(-c5cn[nH]c5)cc34)CC2)c1)c1ccc(F)cc1.O=C(O)C(F)(F)F.O=C(O)C(F)(F)F.O=C(O)C(F)(F)F. The van der Waals surface area contributed by atoms with Gasteiger partial charge in [-0.15, -0.1) is 0 Å². The van der Waals surface area contributed by atoms with E-state index in [0.717, 1.165) is 59.7 Å². The fourth-order valence-electron chi connectivity index (χ4n) is 4.64. The van der Waals surface area contributed by atoms with Crippen LogP contribution in [0, 0.1) is 5.82 Å². The molecule has 0 saturated carbocycles. The topological polar surface area (TPSA) is 202 Å². The molecule has 3 heterocycles. The van der Waals surface area contributed by atoms with Crippen molar-refractivity contribution in [1.29, 1.82) is 0 Å². The summed E-state index contributed by atoms with van der Waals surface area (Å²) in [5, 5.41) is 32.2. The molecule has 1 fully saturated rings. The Morgan fingerprint density at radius 2 is 1.21 bits per heavy atom. The highest BCUT2D eigenvalue weighted by Crippen LogP contribution is 2.30. The van der Waals surface area contributed by atoms with Gasteiger partial charge in [-0.25, -0.2) is 28.7 Å². The molecule has 0 radical (unpaired) electrons. The highest BCUT2D eigenvalue weighted by Gasteiger charge is 2.39. The molecule has 1 amide bonds. The summed E-state index contributed by atoms with van der Waals surface area (Å²) < 4.78 is 108. The first-order chi connectivity index (χ1) is 27.0. The number of carbonyl (C=O) groups is 4. The third-order valence-corrected chi connectivity index (χ3v) is 7.33. The summed E-state index contributed by atoms with van der Waals surface area (Å²) in [4.78, 5) is 52.9. The van der Waals surface area contributed by atoms with E-state index in [9.17, 15) is 48.7 Å². The van der Waals surface area contributed by atoms with Crippen LogP contribution in [-0.2, 0) is 14.4 Å². The second-order valence-electron chi connectivity index (χ2n) is 11.3. The lowest BCUT2D eigenvalue weighted by Crippen LogP contribution is -2.47. The Balaban J connectivity index is 0.000000353. The van der Waals surface area contributed by atoms with Crippen LogP contribution in [0.5, 0.6) is 0 Å². The number of aromatic nitrogens is 4. The van der Waals surface area contributed by atoms with Gasteiger partial charge in [0, 0.05) is 60.3 Å². The number of anilines is 3. The van der Waals surface area contributed by atoms with Crippen LogP contribution in [0.15, 0.2) is 85.5 Å². The molecular formula is C34H27F10N7O7. The smallest absolute Gasteiger partial charge is 0.475 e. The van der Waals surface area contributed by atoms with E-state index in [1.165, 1.54) is 24.3 Å². The second kappa shape index (κ2) is 19.2. The van der Waals surface area contributed by atoms with Gasteiger partial charge in [0.25, 0.3) is 5.91 Å². The number of H-pyrrole nitrogens is 1. The minimum absolute atomic E-state index is 0.271. The van der Waals surface area contributed by atoms with Crippen molar-refractivity contribution in [2.75, 3.05) is 41.3 Å². The van der Waals surface area contributed by atoms with E-state index in [2.05, 4.69) is 41.3 Å². The van der Waals surface area contributed by atoms with E-state index in [4.69, 9.17) is 29.7 Å². The Kier molecular flexibility index (Phi) is 15.0. The molecule has 1 saturated heterocycles. The molecule has 14 nitrogen and oxygen atoms in total. The summed E-state index contributed by atoms with van der Waals surface area (Å²) in [5.41, 5.74) is 5.13. The summed E-state index contributed by atoms with van der Waals surface area (Å²) in [6, 6.07) is 19.5. The normalized spacial score (nSPS) is 12.8. The molecule has 310 valence electrons. The molecular weight excluding hydrogens is 808 g/mol. The van der Waals surface area contributed by atoms with Gasteiger partial charge in [0.2, 0.25) is 0 Å². The van der Waals surface area contributed by atoms with Crippen molar-refractivity contribution in [3.8, 4) is 11.1 Å². The summed E-state index contributed by atoms with van der Waals surface area (Å²) in [6.45, 7) is 3.22. The van der Waals surface area contributed by atoms with Gasteiger partial charge in [0.05, 0.1) is 11.7 Å². The zero-order valence-corrected chi connectivity index (χ0v) is 28.9. The number of benzene rings is 3. The molecule has 2 aromatic heterocycles. The average Bonchev–Trinajstić information content (AvgIpc) is 3.70. The van der Waals surface area contributed by atoms with Crippen molar-refractivity contribution in [2.24, 2.45) is 0 Å². The third kappa shape index (κ3) is 13.6. The Labute approximate surface area is 318 Å². The molecule has 0 bridgehead atoms. The molecule has 24 heteroatoms. The number of fused-ring (bicyclic) bond motifs is 1. The van der Waals surface area contributed by atoms with E-state index in [-0.39, 0.29) is 11.7 Å². The van der Waals surface area contributed by atoms with E-state index < -0.39 is 36.4 Å². The van der Waals surface area contributed by atoms with Crippen molar-refractivity contribution in [2.45, 2.75) is 18.5 Å². The molecule has 1 aliphatic rings. The van der Waals surface area contributed by atoms with Gasteiger partial charge in [-0.3, -0.25) is 9.89 Å². The number of hydrogen-bond donors (Lipinski definition) is 5. The zero-order chi connectivity index (χ0) is 43.4. The summed E-state index contributed by atoms with van der Waals surface area (Å²) in [7, 11) is 0. The minimum Gasteiger partial charge on any atom is -0.475 e. The van der Waals surface area contributed by atoms with Crippen molar-refractivity contribution in [3.63, 3.8) is 0 Å². The number of aliphatic carboxylic acids is 3. The number of amides is 1. The van der Waals surface area contributed by atoms with Gasteiger partial charge in [-0.1, -0.05) is 12.1 Å². The highest BCUT2D eigenvalue weighted by molar-refractivity contribution is 6.04. The molecule has 0 spiro atoms. The first kappa shape index (κ1) is 45.4. The quantitative estimate of drug-likeness (QED) is 0.118. The molecule has 1 aliphatic heterocycles. The molecule has 6 rings (SSSR count). The lowest BCUT2D eigenvalue weighted by molar-refractivity contribution is -0.193. The average molecular weight is 836 g/mol. The van der Waals surface area contributed by atoms with E-state index in [1.807, 2.05) is 42.6 Å². The van der Waals surface area contributed by atoms with Crippen LogP contribution < -0.4 is 15.1 Å². The number of nitrogens with zero attached hydrogens (tertiary/aromatic N) is 5. The lowest BCUT2D eigenvalue weighted by Gasteiger charge is -2.37. The third-order valence-electron chi connectivity index (χ3n) is 7.33. The number of hydrogen-bond acceptors (Lipinski definition) is 9. The number of aromatic amines is 1. The lowest BCUT2D eigenvalue weighted by atomic mass is 10.1. The molecule has 5 aromatic rings. The predicted octanol–water partition coefficient (Wildman–Crippen LogP) is 6.64. The molecule has 58 heavy (non-hydrogen) atoms. The van der Waals surface area contributed by atoms with Crippen LogP contribution in [0.4, 0.5) is 61.1 Å². The summed E-state index contributed by atoms with van der Waals surface area (Å²) >= 11 is 0. The van der Waals surface area contributed by atoms with Crippen LogP contribution in [0.2, 0.25) is 0 Å². The number of carboxylic acid groups (broad SMARTS) is 3. The number of piperazine rings is 1. The fraction of sp³-hybridized carbons (Fsp3) is 0.206. The van der Waals surface area contributed by atoms with Crippen LogP contribution in [0.25, 0.3) is 22.0 Å². The van der Waals surface area contributed by atoms with Crippen molar-refractivity contribution in [1.82, 2.24) is 20.2 Å². The maximum atomic E-state index is 13.2. The summed E-state index contributed by atoms with van der Waals surface area (Å²) in [5.74, 6) is -7.98. The first-order valence-corrected chi connectivity index (χ1v) is 15.8. The monoisotopic (exact) mass is 835 g/mol. The van der Waals surface area contributed by atoms with Crippen molar-refractivity contribution < 1.29 is 78.4 Å². The minimum atomic E-state index is -5.08. The van der Waals surface area contributed by atoms with Gasteiger partial charge in [-0.2, -0.15) is 44.6 Å². The van der Waals surface area contributed by atoms with Gasteiger partial charge in [0.15, 0.2) is 0 Å². The second-order valence-corrected chi connectivity index (χ2v) is 11.3. The number of carboxylic acids is 3. The van der Waals surface area contributed by atoms with Crippen LogP contribution >= 0.6 is 0 Å². The molecule has 0 unspecified atom stereocenters. The molecule has 0 atom stereocenters. The maximum absolute atomic E-state index is 13.2. The first-order valence-electron chi connectivity index (χ1n) is 15.8. The standard InChI is InChI=1S/C28H24FN7O.3C2HF3O2/c29-22-7-4-19(5-8-22)28(37)34-23-2-1-3-24(15-23)35-10-12-36(13-11-35)27-25-14-20(21-16-32-33-17-21)6-9-26(25)30-18-31-27;3*3-2(4,5)1(6)7/h1-9,14-18H,10-13H2,(H,32,33)(H,34,37);3*(H,6,7). The van der Waals surface area contributed by atoms with Gasteiger partial charge in [0.1, 0.15) is 18.0 Å². The Bertz CT molecular complexity index is 2120. The van der Waals surface area contributed by atoms with E-state index in [1.54, 1.807) is 12.5 Å². The Hall–Kier alpha value is -7.01. The van der Waals surface area contributed by atoms with Gasteiger partial charge in [-0.05, 0) is 60.2 Å². The fourth-order valence-corrected chi connectivity index (χ4v) is 4.64. The molecule has 3 aromatic carbocycles. The number of nitrogens with one attached hydrogen (secondary N) is 2. The zero-order valence-electron chi connectivity index (χ0n) is 28.9. The molecule has 0 aliphatic carbocycles. The van der Waals surface area contributed by atoms with E-state index in [0.29, 0.717) is 11.3 Å². The van der Waals surface area contributed by atoms with Gasteiger partial charge < -0.3 is 30.4 Å². The van der Waals surface area contributed by atoms with Crippen LogP contribution in [-0.4, -0.2) is 104 Å². The summed E-state index contributed by atoms with van der Waals surface area (Å²) in [6.07, 6.45) is -9.95. The van der Waals surface area contributed by atoms with Crippen molar-refractivity contribution >= 4 is 51.9 Å². The van der Waals surface area contributed by atoms with E-state index >= 15 is 0 Å². The number of halogens is 10. The van der Waals surface area contributed by atoms with Gasteiger partial charge >= 0.3 is 36.4 Å². The molecule has 5 N–H and O–H groups in total. The highest BCUT2D eigenvalue weighted by atomic mass is 19.4. The number of alkyl halides is 9. The Morgan fingerprint density at radius 3 is 1.71 bits per heavy atom. The number of rotatable bonds is 5. The number of carbonyl (C=O) groups excluding carboxylic acids is 1. The maximum Gasteiger partial charge on any atom is 0.490 e. The van der Waals surface area contributed by atoms with Crippen LogP contribution in [0.1, 0.15) is 10.4 Å². The predicted molar refractivity (Wildman–Crippen MR) is 183 cm³/mol.